The van der Waals surface area contributed by atoms with Crippen LogP contribution in [0.25, 0.3) is 22.7 Å². The van der Waals surface area contributed by atoms with E-state index < -0.39 is 43.5 Å². The van der Waals surface area contributed by atoms with Crippen LogP contribution in [-0.2, 0) is 15.4 Å². The van der Waals surface area contributed by atoms with Gasteiger partial charge in [0.2, 0.25) is 11.2 Å². The maximum Gasteiger partial charge on any atom is 0.265 e. The van der Waals surface area contributed by atoms with Crippen LogP contribution in [-0.4, -0.2) is 23.4 Å². The fourth-order valence-corrected chi connectivity index (χ4v) is 4.43. The maximum absolute atomic E-state index is 15.6. The lowest BCUT2D eigenvalue weighted by atomic mass is 9.97. The van der Waals surface area contributed by atoms with Crippen molar-refractivity contribution in [1.82, 2.24) is 15.0 Å². The molecule has 0 aliphatic rings. The third-order valence-corrected chi connectivity index (χ3v) is 6.37. The van der Waals surface area contributed by atoms with Gasteiger partial charge in [-0.15, -0.1) is 0 Å². The van der Waals surface area contributed by atoms with Crippen molar-refractivity contribution in [3.63, 3.8) is 0 Å². The molecule has 0 atom stereocenters. The number of nitrogens with one attached hydrogen (secondary N) is 1. The summed E-state index contributed by atoms with van der Waals surface area (Å²) < 4.78 is 76.5. The quantitative estimate of drug-likeness (QED) is 0.324. The molecule has 7 nitrogen and oxygen atoms in total. The topological polar surface area (TPSA) is 98.0 Å². The van der Waals surface area contributed by atoms with E-state index in [4.69, 9.17) is 16.0 Å². The van der Waals surface area contributed by atoms with Gasteiger partial charge in [0.05, 0.1) is 5.69 Å². The van der Waals surface area contributed by atoms with E-state index in [-0.39, 0.29) is 33.9 Å². The summed E-state index contributed by atoms with van der Waals surface area (Å²) in [6, 6.07) is 7.32. The molecule has 182 valence electrons. The molecule has 0 saturated heterocycles. The van der Waals surface area contributed by atoms with Crippen molar-refractivity contribution in [2.75, 3.05) is 4.72 Å². The Bertz CT molecular complexity index is 1540. The minimum atomic E-state index is -4.66. The van der Waals surface area contributed by atoms with Crippen LogP contribution in [0.15, 0.2) is 58.0 Å². The molecule has 2 aromatic carbocycles. The fraction of sp³-hybridized carbons (Fsp3) is 0.174. The highest BCUT2D eigenvalue weighted by atomic mass is 35.5. The maximum atomic E-state index is 15.6. The van der Waals surface area contributed by atoms with E-state index in [9.17, 15) is 17.2 Å². The van der Waals surface area contributed by atoms with Crippen molar-refractivity contribution in [2.24, 2.45) is 0 Å². The summed E-state index contributed by atoms with van der Waals surface area (Å²) in [4.78, 5) is 11.4. The zero-order valence-electron chi connectivity index (χ0n) is 18.6. The molecule has 2 heterocycles. The van der Waals surface area contributed by atoms with Crippen molar-refractivity contribution >= 4 is 27.3 Å². The normalized spacial score (nSPS) is 12.1. The number of halogens is 4. The first-order valence-corrected chi connectivity index (χ1v) is 12.0. The highest BCUT2D eigenvalue weighted by molar-refractivity contribution is 7.92. The van der Waals surface area contributed by atoms with Gasteiger partial charge in [-0.3, -0.25) is 4.72 Å². The standard InChI is InChI=1S/C23H18ClF3N4O3S/c1-23(2,3)21-30-19(20(34-21)16-9-10-28-22(24)29-16)13-5-4-6-15(18(13)27)31-35(32,33)17-11-12(25)7-8-14(17)26/h4-11,31H,1-3H3. The summed E-state index contributed by atoms with van der Waals surface area (Å²) in [7, 11) is -4.66. The van der Waals surface area contributed by atoms with Crippen molar-refractivity contribution in [1.29, 1.82) is 0 Å². The van der Waals surface area contributed by atoms with Gasteiger partial charge in [-0.05, 0) is 48.0 Å². The van der Waals surface area contributed by atoms with E-state index in [1.165, 1.54) is 24.4 Å². The Hall–Kier alpha value is -3.44. The lowest BCUT2D eigenvalue weighted by Gasteiger charge is -2.12. The number of rotatable bonds is 5. The van der Waals surface area contributed by atoms with Crippen molar-refractivity contribution in [3.8, 4) is 22.7 Å². The minimum absolute atomic E-state index is 0.0418. The van der Waals surface area contributed by atoms with E-state index in [1.807, 2.05) is 25.5 Å². The molecule has 12 heteroatoms. The van der Waals surface area contributed by atoms with Crippen molar-refractivity contribution in [2.45, 2.75) is 31.1 Å². The largest absolute Gasteiger partial charge is 0.438 e. The molecule has 4 aromatic rings. The molecular weight excluding hydrogens is 505 g/mol. The summed E-state index contributed by atoms with van der Waals surface area (Å²) in [6.07, 6.45) is 1.39. The number of hydrogen-bond acceptors (Lipinski definition) is 6. The number of hydrogen-bond donors (Lipinski definition) is 1. The minimum Gasteiger partial charge on any atom is -0.438 e. The molecule has 0 bridgehead atoms. The number of aromatic nitrogens is 3. The number of benzene rings is 2. The average Bonchev–Trinajstić information content (AvgIpc) is 3.22. The van der Waals surface area contributed by atoms with Gasteiger partial charge in [0.25, 0.3) is 10.0 Å². The molecule has 0 radical (unpaired) electrons. The molecule has 0 aliphatic carbocycles. The number of anilines is 1. The first-order chi connectivity index (χ1) is 16.4. The first-order valence-electron chi connectivity index (χ1n) is 10.1. The zero-order valence-corrected chi connectivity index (χ0v) is 20.2. The van der Waals surface area contributed by atoms with E-state index in [1.54, 1.807) is 0 Å². The summed E-state index contributed by atoms with van der Waals surface area (Å²) in [5, 5.41) is -0.0683. The Morgan fingerprint density at radius 3 is 2.46 bits per heavy atom. The average molecular weight is 523 g/mol. The Balaban J connectivity index is 1.84. The summed E-state index contributed by atoms with van der Waals surface area (Å²) in [5.41, 5.74) is -0.906. The molecule has 0 spiro atoms. The SMILES string of the molecule is CC(C)(C)c1nc(-c2cccc(NS(=O)(=O)c3cc(F)ccc3F)c2F)c(-c2ccnc(Cl)n2)o1. The summed E-state index contributed by atoms with van der Waals surface area (Å²) >= 11 is 5.91. The van der Waals surface area contributed by atoms with Crippen LogP contribution in [0.2, 0.25) is 5.28 Å². The lowest BCUT2D eigenvalue weighted by Crippen LogP contribution is -2.16. The third-order valence-electron chi connectivity index (χ3n) is 4.81. The number of oxazole rings is 1. The van der Waals surface area contributed by atoms with Gasteiger partial charge in [0.1, 0.15) is 27.9 Å². The smallest absolute Gasteiger partial charge is 0.265 e. The van der Waals surface area contributed by atoms with E-state index >= 15 is 4.39 Å². The van der Waals surface area contributed by atoms with Gasteiger partial charge in [0, 0.05) is 17.2 Å². The van der Waals surface area contributed by atoms with Crippen LogP contribution in [0, 0.1) is 17.5 Å². The Labute approximate surface area is 204 Å². The lowest BCUT2D eigenvalue weighted by molar-refractivity contribution is 0.398. The summed E-state index contributed by atoms with van der Waals surface area (Å²) in [5.74, 6) is -2.81. The Kier molecular flexibility index (Phi) is 6.32. The molecule has 2 aromatic heterocycles. The van der Waals surface area contributed by atoms with Crippen LogP contribution < -0.4 is 4.72 Å². The fourth-order valence-electron chi connectivity index (χ4n) is 3.14. The molecular formula is C23H18ClF3N4O3S. The van der Waals surface area contributed by atoms with Crippen LogP contribution in [0.4, 0.5) is 18.9 Å². The van der Waals surface area contributed by atoms with E-state index in [0.717, 1.165) is 12.1 Å². The molecule has 0 aliphatic heterocycles. The highest BCUT2D eigenvalue weighted by Gasteiger charge is 2.29. The first kappa shape index (κ1) is 24.7. The van der Waals surface area contributed by atoms with Gasteiger partial charge in [-0.2, -0.15) is 0 Å². The van der Waals surface area contributed by atoms with E-state index in [0.29, 0.717) is 12.1 Å². The zero-order chi connectivity index (χ0) is 25.5. The molecule has 35 heavy (non-hydrogen) atoms. The van der Waals surface area contributed by atoms with Gasteiger partial charge in [-0.25, -0.2) is 36.5 Å². The van der Waals surface area contributed by atoms with Crippen LogP contribution in [0.5, 0.6) is 0 Å². The van der Waals surface area contributed by atoms with Crippen molar-refractivity contribution in [3.05, 3.63) is 77.3 Å². The van der Waals surface area contributed by atoms with Gasteiger partial charge >= 0.3 is 0 Å². The second-order valence-corrected chi connectivity index (χ2v) is 10.5. The predicted octanol–water partition coefficient (Wildman–Crippen LogP) is 5.97. The van der Waals surface area contributed by atoms with Gasteiger partial charge < -0.3 is 4.42 Å². The second-order valence-electron chi connectivity index (χ2n) is 8.51. The number of nitrogens with zero attached hydrogens (tertiary/aromatic N) is 3. The molecule has 0 fully saturated rings. The molecule has 1 N–H and O–H groups in total. The molecule has 0 amide bonds. The van der Waals surface area contributed by atoms with Crippen LogP contribution >= 0.6 is 11.6 Å². The monoisotopic (exact) mass is 522 g/mol. The van der Waals surface area contributed by atoms with Crippen molar-refractivity contribution < 1.29 is 26.0 Å². The third kappa shape index (κ3) is 5.01. The predicted molar refractivity (Wildman–Crippen MR) is 124 cm³/mol. The number of sulfonamides is 1. The van der Waals surface area contributed by atoms with Crippen LogP contribution in [0.3, 0.4) is 0 Å². The molecule has 4 rings (SSSR count). The Morgan fingerprint density at radius 2 is 1.77 bits per heavy atom. The van der Waals surface area contributed by atoms with Gasteiger partial charge in [0.15, 0.2) is 11.6 Å². The van der Waals surface area contributed by atoms with E-state index in [2.05, 4.69) is 15.0 Å². The second kappa shape index (κ2) is 8.97. The molecule has 0 unspecified atom stereocenters. The van der Waals surface area contributed by atoms with Crippen LogP contribution in [0.1, 0.15) is 26.7 Å². The Morgan fingerprint density at radius 1 is 1.03 bits per heavy atom. The van der Waals surface area contributed by atoms with Gasteiger partial charge in [-0.1, -0.05) is 26.8 Å². The molecule has 0 saturated carbocycles. The highest BCUT2D eigenvalue weighted by Crippen LogP contribution is 2.38. The summed E-state index contributed by atoms with van der Waals surface area (Å²) in [6.45, 7) is 5.52.